The van der Waals surface area contributed by atoms with Crippen molar-refractivity contribution in [1.82, 2.24) is 14.3 Å². The number of nitrogens with zero attached hydrogens (tertiary/aromatic N) is 3. The Morgan fingerprint density at radius 2 is 1.77 bits per heavy atom. The fraction of sp³-hybridized carbons (Fsp3) is 0.129. The summed E-state index contributed by atoms with van der Waals surface area (Å²) in [4.78, 5) is 27.3. The second kappa shape index (κ2) is 11.6. The average Bonchev–Trinajstić information content (AvgIpc) is 3.58. The number of para-hydroxylation sites is 1. The quantitative estimate of drug-likeness (QED) is 0.213. The SMILES string of the molecule is COc1ccc(-n2nc(C(=O)Nc3cc4ccccc4n3CCOS(=O)(=O)c3ccc(C)cc3)c3csc(N)c3c2=O)cc1. The standard InChI is InChI=1S/C31H27N5O6S2/c1-19-7-13-23(14-8-19)44(39,40)42-16-15-35-25-6-4-3-5-20(25)17-26(35)33-30(37)28-24-18-43-29(32)27(24)31(38)36(34-28)21-9-11-22(41-2)12-10-21/h3-14,17-18H,15-16,32H2,1-2H3,(H,33,37). The average molecular weight is 630 g/mol. The highest BCUT2D eigenvalue weighted by Crippen LogP contribution is 2.29. The monoisotopic (exact) mass is 629 g/mol. The molecule has 13 heteroatoms. The molecule has 0 atom stereocenters. The largest absolute Gasteiger partial charge is 0.497 e. The third-order valence-electron chi connectivity index (χ3n) is 7.13. The normalized spacial score (nSPS) is 11.7. The Morgan fingerprint density at radius 3 is 2.50 bits per heavy atom. The molecule has 0 saturated heterocycles. The van der Waals surface area contributed by atoms with E-state index in [-0.39, 0.29) is 34.1 Å². The molecular weight excluding hydrogens is 603 g/mol. The van der Waals surface area contributed by atoms with E-state index < -0.39 is 21.6 Å². The number of amides is 1. The second-order valence-electron chi connectivity index (χ2n) is 9.94. The summed E-state index contributed by atoms with van der Waals surface area (Å²) >= 11 is 1.14. The molecule has 0 bridgehead atoms. The van der Waals surface area contributed by atoms with Crippen molar-refractivity contribution in [2.24, 2.45) is 0 Å². The Balaban J connectivity index is 1.33. The number of fused-ring (bicyclic) bond motifs is 2. The third kappa shape index (κ3) is 5.43. The Kier molecular flexibility index (Phi) is 7.67. The number of hydrogen-bond acceptors (Lipinski definition) is 9. The number of hydrogen-bond donors (Lipinski definition) is 2. The van der Waals surface area contributed by atoms with Gasteiger partial charge in [0, 0.05) is 28.2 Å². The molecule has 11 nitrogen and oxygen atoms in total. The van der Waals surface area contributed by atoms with Crippen LogP contribution in [0, 0.1) is 6.92 Å². The molecule has 0 unspecified atom stereocenters. The molecule has 3 N–H and O–H groups in total. The molecule has 3 heterocycles. The van der Waals surface area contributed by atoms with Crippen LogP contribution in [-0.4, -0.2) is 42.4 Å². The highest BCUT2D eigenvalue weighted by Gasteiger charge is 2.23. The molecule has 0 aliphatic rings. The number of thiophene rings is 1. The molecule has 224 valence electrons. The van der Waals surface area contributed by atoms with E-state index in [0.717, 1.165) is 32.5 Å². The summed E-state index contributed by atoms with van der Waals surface area (Å²) in [7, 11) is -2.45. The van der Waals surface area contributed by atoms with Gasteiger partial charge in [0.05, 0.1) is 34.7 Å². The molecule has 0 aliphatic heterocycles. The summed E-state index contributed by atoms with van der Waals surface area (Å²) in [5, 5.41) is 10.6. The van der Waals surface area contributed by atoms with Gasteiger partial charge in [0.1, 0.15) is 11.6 Å². The Bertz CT molecular complexity index is 2180. The van der Waals surface area contributed by atoms with Crippen LogP contribution >= 0.6 is 11.3 Å². The number of nitrogen functional groups attached to an aromatic ring is 1. The van der Waals surface area contributed by atoms with Crippen LogP contribution in [0.2, 0.25) is 0 Å². The molecule has 1 amide bonds. The van der Waals surface area contributed by atoms with Gasteiger partial charge in [-0.1, -0.05) is 35.9 Å². The van der Waals surface area contributed by atoms with Crippen LogP contribution in [0.1, 0.15) is 16.1 Å². The molecule has 6 rings (SSSR count). The number of aromatic nitrogens is 3. The summed E-state index contributed by atoms with van der Waals surface area (Å²) in [6.45, 7) is 1.81. The zero-order valence-corrected chi connectivity index (χ0v) is 25.3. The van der Waals surface area contributed by atoms with Gasteiger partial charge in [0.15, 0.2) is 5.69 Å². The van der Waals surface area contributed by atoms with Crippen molar-refractivity contribution in [3.05, 3.63) is 106 Å². The fourth-order valence-electron chi connectivity index (χ4n) is 4.88. The first kappa shape index (κ1) is 29.1. The molecule has 0 aliphatic carbocycles. The molecule has 0 radical (unpaired) electrons. The number of carbonyl (C=O) groups is 1. The van der Waals surface area contributed by atoms with Crippen LogP contribution in [0.15, 0.2) is 93.9 Å². The maximum Gasteiger partial charge on any atom is 0.297 e. The predicted octanol–water partition coefficient (Wildman–Crippen LogP) is 4.96. The van der Waals surface area contributed by atoms with E-state index in [0.29, 0.717) is 22.6 Å². The smallest absolute Gasteiger partial charge is 0.297 e. The lowest BCUT2D eigenvalue weighted by molar-refractivity contribution is 0.102. The van der Waals surface area contributed by atoms with Crippen molar-refractivity contribution in [3.8, 4) is 11.4 Å². The first-order chi connectivity index (χ1) is 21.2. The van der Waals surface area contributed by atoms with Crippen LogP contribution in [0.3, 0.4) is 0 Å². The summed E-state index contributed by atoms with van der Waals surface area (Å²) in [6.07, 6.45) is 0. The predicted molar refractivity (Wildman–Crippen MR) is 170 cm³/mol. The lowest BCUT2D eigenvalue weighted by Crippen LogP contribution is -2.27. The molecular formula is C31H27N5O6S2. The number of benzene rings is 3. The summed E-state index contributed by atoms with van der Waals surface area (Å²) in [5.41, 5.74) is 7.83. The number of nitrogens with one attached hydrogen (secondary N) is 1. The van der Waals surface area contributed by atoms with Gasteiger partial charge >= 0.3 is 0 Å². The number of aryl methyl sites for hydroxylation is 1. The van der Waals surface area contributed by atoms with E-state index in [9.17, 15) is 18.0 Å². The van der Waals surface area contributed by atoms with E-state index in [1.165, 1.54) is 19.2 Å². The van der Waals surface area contributed by atoms with Crippen molar-refractivity contribution in [2.45, 2.75) is 18.4 Å². The molecule has 0 saturated carbocycles. The van der Waals surface area contributed by atoms with Crippen LogP contribution in [-0.2, 0) is 20.8 Å². The van der Waals surface area contributed by atoms with Gasteiger partial charge in [-0.25, -0.2) is 0 Å². The van der Waals surface area contributed by atoms with Gasteiger partial charge in [-0.3, -0.25) is 13.8 Å². The van der Waals surface area contributed by atoms with Crippen molar-refractivity contribution >= 4 is 59.9 Å². The maximum atomic E-state index is 13.8. The minimum Gasteiger partial charge on any atom is -0.497 e. The van der Waals surface area contributed by atoms with Crippen molar-refractivity contribution in [2.75, 3.05) is 24.8 Å². The van der Waals surface area contributed by atoms with Crippen LogP contribution in [0.5, 0.6) is 5.75 Å². The first-order valence-corrected chi connectivity index (χ1v) is 15.8. The van der Waals surface area contributed by atoms with Gasteiger partial charge < -0.3 is 20.4 Å². The number of ether oxygens (including phenoxy) is 1. The highest BCUT2D eigenvalue weighted by atomic mass is 32.2. The van der Waals surface area contributed by atoms with Crippen molar-refractivity contribution in [1.29, 1.82) is 0 Å². The number of carbonyl (C=O) groups excluding carboxylic acids is 1. The van der Waals surface area contributed by atoms with Crippen molar-refractivity contribution < 1.29 is 22.1 Å². The summed E-state index contributed by atoms with van der Waals surface area (Å²) in [6, 6.07) is 22.3. The minimum absolute atomic E-state index is 0.00151. The zero-order valence-electron chi connectivity index (χ0n) is 23.7. The topological polar surface area (TPSA) is 148 Å². The molecule has 6 aromatic rings. The first-order valence-electron chi connectivity index (χ1n) is 13.5. The second-order valence-corrected chi connectivity index (χ2v) is 12.5. The van der Waals surface area contributed by atoms with Gasteiger partial charge in [0.2, 0.25) is 0 Å². The van der Waals surface area contributed by atoms with Gasteiger partial charge in [-0.15, -0.1) is 11.3 Å². The lowest BCUT2D eigenvalue weighted by Gasteiger charge is -2.13. The molecule has 0 fully saturated rings. The van der Waals surface area contributed by atoms with E-state index in [1.807, 2.05) is 31.2 Å². The Labute approximate surface area is 256 Å². The fourth-order valence-corrected chi connectivity index (χ4v) is 6.57. The Hall–Kier alpha value is -4.98. The number of methoxy groups -OCH3 is 1. The van der Waals surface area contributed by atoms with Gasteiger partial charge in [0.25, 0.3) is 21.6 Å². The molecule has 0 spiro atoms. The van der Waals surface area contributed by atoms with Crippen LogP contribution in [0.4, 0.5) is 10.8 Å². The van der Waals surface area contributed by atoms with Crippen molar-refractivity contribution in [3.63, 3.8) is 0 Å². The van der Waals surface area contributed by atoms with Gasteiger partial charge in [-0.05, 0) is 55.5 Å². The minimum atomic E-state index is -3.99. The third-order valence-corrected chi connectivity index (χ3v) is 9.27. The number of nitrogens with two attached hydrogens (primary N) is 1. The molecule has 3 aromatic heterocycles. The van der Waals surface area contributed by atoms with Crippen LogP contribution < -0.4 is 21.3 Å². The lowest BCUT2D eigenvalue weighted by atomic mass is 10.2. The van der Waals surface area contributed by atoms with E-state index >= 15 is 0 Å². The maximum absolute atomic E-state index is 13.8. The van der Waals surface area contributed by atoms with Crippen LogP contribution in [0.25, 0.3) is 27.4 Å². The van der Waals surface area contributed by atoms with E-state index in [2.05, 4.69) is 10.4 Å². The summed E-state index contributed by atoms with van der Waals surface area (Å²) in [5.74, 6) is 0.416. The number of anilines is 2. The number of rotatable bonds is 9. The molecule has 44 heavy (non-hydrogen) atoms. The summed E-state index contributed by atoms with van der Waals surface area (Å²) < 4.78 is 39.0. The van der Waals surface area contributed by atoms with E-state index in [1.54, 1.807) is 52.4 Å². The highest BCUT2D eigenvalue weighted by molar-refractivity contribution is 7.86. The van der Waals surface area contributed by atoms with Gasteiger partial charge in [-0.2, -0.15) is 18.2 Å². The molecule has 3 aromatic carbocycles. The zero-order chi connectivity index (χ0) is 31.0. The van der Waals surface area contributed by atoms with E-state index in [4.69, 9.17) is 14.7 Å². The Morgan fingerprint density at radius 1 is 1.05 bits per heavy atom.